The molecule has 5 heteroatoms. The Balaban J connectivity index is 1.98. The lowest BCUT2D eigenvalue weighted by molar-refractivity contribution is 0.158. The number of anilines is 1. The molecule has 0 aliphatic carbocycles. The standard InChI is InChI=1S/C12H17N5/c1-12(2,9-13)17-7-5-16(6-8-17)11-3-4-14-10-15-11/h3-4,10H,5-8H2,1-2H3. The highest BCUT2D eigenvalue weighted by Crippen LogP contribution is 2.18. The molecule has 2 heterocycles. The Bertz CT molecular complexity index is 401. The summed E-state index contributed by atoms with van der Waals surface area (Å²) in [6.45, 7) is 7.53. The predicted octanol–water partition coefficient (Wildman–Crippen LogP) is 0.901. The van der Waals surface area contributed by atoms with Gasteiger partial charge in [0.1, 0.15) is 17.7 Å². The summed E-state index contributed by atoms with van der Waals surface area (Å²) in [6.07, 6.45) is 3.33. The quantitative estimate of drug-likeness (QED) is 0.757. The molecule has 1 aromatic rings. The SMILES string of the molecule is CC(C)(C#N)N1CCN(c2ccncn2)CC1. The van der Waals surface area contributed by atoms with Crippen LogP contribution in [-0.4, -0.2) is 46.6 Å². The van der Waals surface area contributed by atoms with Crippen LogP contribution in [0.4, 0.5) is 5.82 Å². The first kappa shape index (κ1) is 11.8. The van der Waals surface area contributed by atoms with Crippen molar-refractivity contribution >= 4 is 5.82 Å². The van der Waals surface area contributed by atoms with Crippen LogP contribution in [0, 0.1) is 11.3 Å². The van der Waals surface area contributed by atoms with E-state index in [1.807, 2.05) is 19.9 Å². The average molecular weight is 231 g/mol. The molecule has 2 rings (SSSR count). The monoisotopic (exact) mass is 231 g/mol. The zero-order valence-corrected chi connectivity index (χ0v) is 10.3. The summed E-state index contributed by atoms with van der Waals surface area (Å²) in [7, 11) is 0. The van der Waals surface area contributed by atoms with Crippen molar-refractivity contribution in [1.82, 2.24) is 14.9 Å². The molecule has 1 aliphatic heterocycles. The van der Waals surface area contributed by atoms with Crippen molar-refractivity contribution in [1.29, 1.82) is 5.26 Å². The zero-order chi connectivity index (χ0) is 12.3. The van der Waals surface area contributed by atoms with Crippen molar-refractivity contribution in [3.63, 3.8) is 0 Å². The van der Waals surface area contributed by atoms with Crippen molar-refractivity contribution in [2.75, 3.05) is 31.1 Å². The lowest BCUT2D eigenvalue weighted by atomic mass is 10.0. The maximum absolute atomic E-state index is 9.10. The number of piperazine rings is 1. The van der Waals surface area contributed by atoms with Gasteiger partial charge in [-0.2, -0.15) is 5.26 Å². The van der Waals surface area contributed by atoms with Crippen LogP contribution >= 0.6 is 0 Å². The molecule has 90 valence electrons. The van der Waals surface area contributed by atoms with Crippen LogP contribution in [0.15, 0.2) is 18.6 Å². The molecule has 0 aromatic carbocycles. The van der Waals surface area contributed by atoms with Crippen LogP contribution in [0.1, 0.15) is 13.8 Å². The minimum absolute atomic E-state index is 0.377. The molecular weight excluding hydrogens is 214 g/mol. The molecule has 0 spiro atoms. The fourth-order valence-electron chi connectivity index (χ4n) is 2.04. The Morgan fingerprint density at radius 3 is 2.53 bits per heavy atom. The number of nitriles is 1. The van der Waals surface area contributed by atoms with Crippen molar-refractivity contribution in [2.45, 2.75) is 19.4 Å². The Morgan fingerprint density at radius 1 is 1.29 bits per heavy atom. The van der Waals surface area contributed by atoms with E-state index < -0.39 is 0 Å². The Kier molecular flexibility index (Phi) is 3.25. The molecule has 0 bridgehead atoms. The van der Waals surface area contributed by atoms with E-state index in [-0.39, 0.29) is 5.54 Å². The molecule has 1 saturated heterocycles. The van der Waals surface area contributed by atoms with Crippen molar-refractivity contribution in [3.05, 3.63) is 18.6 Å². The van der Waals surface area contributed by atoms with E-state index in [0.29, 0.717) is 0 Å². The van der Waals surface area contributed by atoms with Gasteiger partial charge in [0, 0.05) is 32.4 Å². The van der Waals surface area contributed by atoms with Crippen molar-refractivity contribution in [3.8, 4) is 6.07 Å². The second-order valence-electron chi connectivity index (χ2n) is 4.71. The van der Waals surface area contributed by atoms with Gasteiger partial charge in [-0.1, -0.05) is 0 Å². The highest BCUT2D eigenvalue weighted by molar-refractivity contribution is 5.37. The third-order valence-electron chi connectivity index (χ3n) is 3.23. The van der Waals surface area contributed by atoms with Gasteiger partial charge in [0.15, 0.2) is 0 Å². The summed E-state index contributed by atoms with van der Waals surface area (Å²) < 4.78 is 0. The van der Waals surface area contributed by atoms with Gasteiger partial charge >= 0.3 is 0 Å². The molecule has 0 atom stereocenters. The van der Waals surface area contributed by atoms with E-state index in [0.717, 1.165) is 32.0 Å². The second-order valence-corrected chi connectivity index (χ2v) is 4.71. The van der Waals surface area contributed by atoms with Gasteiger partial charge in [-0.3, -0.25) is 4.90 Å². The summed E-state index contributed by atoms with van der Waals surface area (Å²) >= 11 is 0. The van der Waals surface area contributed by atoms with Gasteiger partial charge in [0.2, 0.25) is 0 Å². The molecule has 1 aromatic heterocycles. The van der Waals surface area contributed by atoms with Crippen LogP contribution in [-0.2, 0) is 0 Å². The summed E-state index contributed by atoms with van der Waals surface area (Å²) in [4.78, 5) is 12.6. The summed E-state index contributed by atoms with van der Waals surface area (Å²) in [5, 5.41) is 9.10. The van der Waals surface area contributed by atoms with Crippen molar-refractivity contribution in [2.24, 2.45) is 0 Å². The first-order valence-corrected chi connectivity index (χ1v) is 5.81. The van der Waals surface area contributed by atoms with E-state index >= 15 is 0 Å². The molecule has 1 aliphatic rings. The first-order valence-electron chi connectivity index (χ1n) is 5.81. The molecule has 0 radical (unpaired) electrons. The Morgan fingerprint density at radius 2 is 2.00 bits per heavy atom. The normalized spacial score (nSPS) is 17.8. The van der Waals surface area contributed by atoms with Crippen molar-refractivity contribution < 1.29 is 0 Å². The topological polar surface area (TPSA) is 56.1 Å². The predicted molar refractivity (Wildman–Crippen MR) is 65.5 cm³/mol. The largest absolute Gasteiger partial charge is 0.354 e. The van der Waals surface area contributed by atoms with E-state index in [1.165, 1.54) is 0 Å². The maximum Gasteiger partial charge on any atom is 0.131 e. The number of nitrogens with zero attached hydrogens (tertiary/aromatic N) is 5. The zero-order valence-electron chi connectivity index (χ0n) is 10.3. The van der Waals surface area contributed by atoms with Crippen LogP contribution in [0.3, 0.4) is 0 Å². The lowest BCUT2D eigenvalue weighted by Gasteiger charge is -2.40. The molecule has 0 unspecified atom stereocenters. The molecule has 0 amide bonds. The van der Waals surface area contributed by atoms with Gasteiger partial charge in [-0.15, -0.1) is 0 Å². The second kappa shape index (κ2) is 4.68. The molecule has 17 heavy (non-hydrogen) atoms. The highest BCUT2D eigenvalue weighted by Gasteiger charge is 2.29. The van der Waals surface area contributed by atoms with E-state index in [1.54, 1.807) is 12.5 Å². The van der Waals surface area contributed by atoms with E-state index in [2.05, 4.69) is 25.8 Å². The summed E-state index contributed by atoms with van der Waals surface area (Å²) in [5.74, 6) is 0.967. The molecule has 1 fully saturated rings. The van der Waals surface area contributed by atoms with Gasteiger partial charge in [0.25, 0.3) is 0 Å². The minimum atomic E-state index is -0.377. The number of hydrogen-bond donors (Lipinski definition) is 0. The van der Waals surface area contributed by atoms with Crippen LogP contribution in [0.25, 0.3) is 0 Å². The third kappa shape index (κ3) is 2.53. The molecule has 0 saturated carbocycles. The Labute approximate surface area is 102 Å². The molecule has 0 N–H and O–H groups in total. The number of rotatable bonds is 2. The number of aromatic nitrogens is 2. The third-order valence-corrected chi connectivity index (χ3v) is 3.23. The van der Waals surface area contributed by atoms with E-state index in [9.17, 15) is 0 Å². The first-order chi connectivity index (χ1) is 8.13. The van der Waals surface area contributed by atoms with Gasteiger partial charge < -0.3 is 4.90 Å². The lowest BCUT2D eigenvalue weighted by Crippen LogP contribution is -2.54. The maximum atomic E-state index is 9.10. The van der Waals surface area contributed by atoms with Crippen LogP contribution in [0.5, 0.6) is 0 Å². The fraction of sp³-hybridized carbons (Fsp3) is 0.583. The van der Waals surface area contributed by atoms with Gasteiger partial charge in [-0.05, 0) is 19.9 Å². The van der Waals surface area contributed by atoms with Crippen LogP contribution < -0.4 is 4.90 Å². The van der Waals surface area contributed by atoms with E-state index in [4.69, 9.17) is 5.26 Å². The fourth-order valence-corrected chi connectivity index (χ4v) is 2.04. The smallest absolute Gasteiger partial charge is 0.131 e. The highest BCUT2D eigenvalue weighted by atomic mass is 15.3. The van der Waals surface area contributed by atoms with Gasteiger partial charge in [0.05, 0.1) is 6.07 Å². The molecular formula is C12H17N5. The van der Waals surface area contributed by atoms with Crippen LogP contribution in [0.2, 0.25) is 0 Å². The summed E-state index contributed by atoms with van der Waals surface area (Å²) in [6, 6.07) is 4.27. The Hall–Kier alpha value is -1.67. The minimum Gasteiger partial charge on any atom is -0.354 e. The van der Waals surface area contributed by atoms with Gasteiger partial charge in [-0.25, -0.2) is 9.97 Å². The average Bonchev–Trinajstić information content (AvgIpc) is 2.40. The summed E-state index contributed by atoms with van der Waals surface area (Å²) in [5.41, 5.74) is -0.377. The molecule has 5 nitrogen and oxygen atoms in total. The number of hydrogen-bond acceptors (Lipinski definition) is 5.